The zero-order valence-corrected chi connectivity index (χ0v) is 14.6. The lowest BCUT2D eigenvalue weighted by molar-refractivity contribution is 0.177. The van der Waals surface area contributed by atoms with E-state index in [1.807, 2.05) is 19.4 Å². The van der Waals surface area contributed by atoms with Gasteiger partial charge in [0.15, 0.2) is 5.82 Å². The van der Waals surface area contributed by atoms with E-state index in [2.05, 4.69) is 37.4 Å². The van der Waals surface area contributed by atoms with Crippen molar-refractivity contribution in [2.24, 2.45) is 5.73 Å². The van der Waals surface area contributed by atoms with E-state index in [1.54, 1.807) is 7.11 Å². The van der Waals surface area contributed by atoms with Gasteiger partial charge in [-0.1, -0.05) is 0 Å². The number of imidazole rings is 1. The zero-order valence-electron chi connectivity index (χ0n) is 14.6. The Hall–Kier alpha value is -1.99. The summed E-state index contributed by atoms with van der Waals surface area (Å²) in [5, 5.41) is 0. The molecule has 0 aromatic carbocycles. The minimum atomic E-state index is 0.300. The summed E-state index contributed by atoms with van der Waals surface area (Å²) in [4.78, 5) is 15.8. The lowest BCUT2D eigenvalue weighted by Gasteiger charge is -2.32. The lowest BCUT2D eigenvalue weighted by Crippen LogP contribution is -2.35. The Kier molecular flexibility index (Phi) is 5.11. The van der Waals surface area contributed by atoms with Crippen molar-refractivity contribution in [3.63, 3.8) is 0 Å². The molecular weight excluding hydrogens is 304 g/mol. The van der Waals surface area contributed by atoms with Crippen molar-refractivity contribution in [3.05, 3.63) is 35.8 Å². The number of nitrogens with two attached hydrogens (primary N) is 1. The first-order chi connectivity index (χ1) is 11.6. The van der Waals surface area contributed by atoms with Gasteiger partial charge in [-0.05, 0) is 19.8 Å². The highest BCUT2D eigenvalue weighted by atomic mass is 16.5. The number of aryl methyl sites for hydroxylation is 1. The number of ether oxygens (including phenoxy) is 1. The monoisotopic (exact) mass is 330 g/mol. The average molecular weight is 330 g/mol. The van der Waals surface area contributed by atoms with Crippen LogP contribution in [-0.4, -0.2) is 39.7 Å². The molecule has 7 nitrogen and oxygen atoms in total. The number of rotatable bonds is 7. The first-order valence-electron chi connectivity index (χ1n) is 8.44. The molecule has 2 N–H and O–H groups in total. The molecular formula is C17H26N6O. The standard InChI is InChI=1S/C17H26N6O/c1-4-23-6-5-19-17(23)10-22(2)16-9-14(12-7-13(18)8-12)20-15(21-16)11-24-3/h5-6,9,12-13H,4,7-8,10-11,18H2,1-3H3. The second-order valence-electron chi connectivity index (χ2n) is 6.41. The van der Waals surface area contributed by atoms with Crippen molar-refractivity contribution in [3.8, 4) is 0 Å². The molecule has 1 saturated carbocycles. The average Bonchev–Trinajstić information content (AvgIpc) is 2.99. The van der Waals surface area contributed by atoms with Crippen LogP contribution in [0.5, 0.6) is 0 Å². The first kappa shape index (κ1) is 16.9. The summed E-state index contributed by atoms with van der Waals surface area (Å²) in [6.45, 7) is 4.14. The van der Waals surface area contributed by atoms with Crippen LogP contribution >= 0.6 is 0 Å². The molecule has 0 unspecified atom stereocenters. The smallest absolute Gasteiger partial charge is 0.156 e. The van der Waals surface area contributed by atoms with Gasteiger partial charge >= 0.3 is 0 Å². The van der Waals surface area contributed by atoms with E-state index < -0.39 is 0 Å². The maximum atomic E-state index is 5.93. The molecule has 2 aromatic rings. The van der Waals surface area contributed by atoms with Crippen LogP contribution in [0, 0.1) is 0 Å². The van der Waals surface area contributed by atoms with Gasteiger partial charge in [-0.2, -0.15) is 0 Å². The molecule has 0 radical (unpaired) electrons. The predicted molar refractivity (Wildman–Crippen MR) is 92.7 cm³/mol. The third-order valence-electron chi connectivity index (χ3n) is 4.56. The number of nitrogens with zero attached hydrogens (tertiary/aromatic N) is 5. The molecule has 0 aliphatic heterocycles. The summed E-state index contributed by atoms with van der Waals surface area (Å²) in [6.07, 6.45) is 5.82. The van der Waals surface area contributed by atoms with Gasteiger partial charge in [0.05, 0.1) is 6.54 Å². The van der Waals surface area contributed by atoms with E-state index in [9.17, 15) is 0 Å². The van der Waals surface area contributed by atoms with Crippen LogP contribution in [0.4, 0.5) is 5.82 Å². The summed E-state index contributed by atoms with van der Waals surface area (Å²) < 4.78 is 7.37. The number of methoxy groups -OCH3 is 1. The van der Waals surface area contributed by atoms with Crippen molar-refractivity contribution < 1.29 is 4.74 Å². The fourth-order valence-electron chi connectivity index (χ4n) is 3.08. The van der Waals surface area contributed by atoms with E-state index >= 15 is 0 Å². The third kappa shape index (κ3) is 3.57. The van der Waals surface area contributed by atoms with Crippen LogP contribution in [0.3, 0.4) is 0 Å². The van der Waals surface area contributed by atoms with Crippen LogP contribution < -0.4 is 10.6 Å². The number of anilines is 1. The quantitative estimate of drug-likeness (QED) is 0.832. The van der Waals surface area contributed by atoms with E-state index in [4.69, 9.17) is 10.5 Å². The summed E-state index contributed by atoms with van der Waals surface area (Å²) in [5.41, 5.74) is 7.00. The zero-order chi connectivity index (χ0) is 17.1. The summed E-state index contributed by atoms with van der Waals surface area (Å²) in [6, 6.07) is 2.38. The van der Waals surface area contributed by atoms with Gasteiger partial charge in [0.2, 0.25) is 0 Å². The first-order valence-corrected chi connectivity index (χ1v) is 8.44. The van der Waals surface area contributed by atoms with Gasteiger partial charge < -0.3 is 19.9 Å². The van der Waals surface area contributed by atoms with Crippen molar-refractivity contribution in [1.29, 1.82) is 0 Å². The van der Waals surface area contributed by atoms with Gasteiger partial charge in [-0.3, -0.25) is 0 Å². The molecule has 7 heteroatoms. The number of hydrogen-bond acceptors (Lipinski definition) is 6. The predicted octanol–water partition coefficient (Wildman–Crippen LogP) is 1.68. The molecule has 0 spiro atoms. The molecule has 2 aromatic heterocycles. The second kappa shape index (κ2) is 7.27. The molecule has 0 saturated heterocycles. The highest BCUT2D eigenvalue weighted by Crippen LogP contribution is 2.35. The van der Waals surface area contributed by atoms with Crippen molar-refractivity contribution in [2.75, 3.05) is 19.1 Å². The maximum Gasteiger partial charge on any atom is 0.156 e. The summed E-state index contributed by atoms with van der Waals surface area (Å²) in [5.74, 6) is 3.08. The largest absolute Gasteiger partial charge is 0.377 e. The van der Waals surface area contributed by atoms with Gasteiger partial charge in [0.1, 0.15) is 18.2 Å². The highest BCUT2D eigenvalue weighted by molar-refractivity contribution is 5.40. The van der Waals surface area contributed by atoms with Crippen LogP contribution in [0.15, 0.2) is 18.5 Å². The molecule has 24 heavy (non-hydrogen) atoms. The fourth-order valence-corrected chi connectivity index (χ4v) is 3.08. The minimum absolute atomic E-state index is 0.300. The van der Waals surface area contributed by atoms with E-state index in [1.165, 1.54) is 0 Å². The van der Waals surface area contributed by atoms with Gasteiger partial charge in [-0.15, -0.1) is 0 Å². The highest BCUT2D eigenvalue weighted by Gasteiger charge is 2.29. The van der Waals surface area contributed by atoms with Crippen molar-refractivity contribution in [1.82, 2.24) is 19.5 Å². The fraction of sp³-hybridized carbons (Fsp3) is 0.588. The molecule has 1 fully saturated rings. The summed E-state index contributed by atoms with van der Waals surface area (Å²) in [7, 11) is 3.70. The topological polar surface area (TPSA) is 82.1 Å². The van der Waals surface area contributed by atoms with Gasteiger partial charge in [0, 0.05) is 56.8 Å². The number of hydrogen-bond donors (Lipinski definition) is 1. The van der Waals surface area contributed by atoms with Crippen LogP contribution in [0.25, 0.3) is 0 Å². The van der Waals surface area contributed by atoms with E-state index in [-0.39, 0.29) is 0 Å². The summed E-state index contributed by atoms with van der Waals surface area (Å²) >= 11 is 0. The molecule has 0 bridgehead atoms. The van der Waals surface area contributed by atoms with Crippen LogP contribution in [-0.2, 0) is 24.4 Å². The lowest BCUT2D eigenvalue weighted by atomic mass is 9.78. The van der Waals surface area contributed by atoms with Crippen molar-refractivity contribution in [2.45, 2.75) is 51.4 Å². The normalized spacial score (nSPS) is 20.0. The molecule has 130 valence electrons. The van der Waals surface area contributed by atoms with Crippen molar-refractivity contribution >= 4 is 5.82 Å². The van der Waals surface area contributed by atoms with Crippen LogP contribution in [0.1, 0.15) is 43.0 Å². The molecule has 1 aliphatic carbocycles. The minimum Gasteiger partial charge on any atom is -0.377 e. The van der Waals surface area contributed by atoms with E-state index in [0.29, 0.717) is 25.1 Å². The Balaban J connectivity index is 1.82. The third-order valence-corrected chi connectivity index (χ3v) is 4.56. The molecule has 3 rings (SSSR count). The van der Waals surface area contributed by atoms with Gasteiger partial charge in [0.25, 0.3) is 0 Å². The Morgan fingerprint density at radius 1 is 1.38 bits per heavy atom. The number of aromatic nitrogens is 4. The Morgan fingerprint density at radius 3 is 2.83 bits per heavy atom. The molecule has 0 amide bonds. The molecule has 0 atom stereocenters. The SMILES string of the molecule is CCn1ccnc1CN(C)c1cc(C2CC(N)C2)nc(COC)n1. The molecule has 2 heterocycles. The molecule has 1 aliphatic rings. The Labute approximate surface area is 142 Å². The van der Waals surface area contributed by atoms with E-state index in [0.717, 1.165) is 42.5 Å². The Bertz CT molecular complexity index is 679. The van der Waals surface area contributed by atoms with Crippen LogP contribution in [0.2, 0.25) is 0 Å². The maximum absolute atomic E-state index is 5.93. The Morgan fingerprint density at radius 2 is 2.17 bits per heavy atom. The second-order valence-corrected chi connectivity index (χ2v) is 6.41. The van der Waals surface area contributed by atoms with Gasteiger partial charge in [-0.25, -0.2) is 15.0 Å².